The summed E-state index contributed by atoms with van der Waals surface area (Å²) in [5.41, 5.74) is 3.75. The van der Waals surface area contributed by atoms with Gasteiger partial charge in [0.25, 0.3) is 0 Å². The van der Waals surface area contributed by atoms with E-state index in [4.69, 9.17) is 5.26 Å². The van der Waals surface area contributed by atoms with Crippen LogP contribution in [0.4, 0.5) is 0 Å². The smallest absolute Gasteiger partial charge is 0.0991 e. The van der Waals surface area contributed by atoms with Crippen LogP contribution in [0.15, 0.2) is 54.6 Å². The molecule has 0 unspecified atom stereocenters. The zero-order valence-electron chi connectivity index (χ0n) is 11.5. The number of rotatable bonds is 5. The van der Waals surface area contributed by atoms with Crippen molar-refractivity contribution in [3.05, 3.63) is 71.3 Å². The van der Waals surface area contributed by atoms with E-state index in [9.17, 15) is 0 Å². The van der Waals surface area contributed by atoms with Crippen LogP contribution in [0, 0.1) is 11.3 Å². The summed E-state index contributed by atoms with van der Waals surface area (Å²) in [7, 11) is 0. The third kappa shape index (κ3) is 2.74. The Labute approximate surface area is 120 Å². The van der Waals surface area contributed by atoms with Crippen LogP contribution >= 0.6 is 0 Å². The fourth-order valence-electron chi connectivity index (χ4n) is 2.65. The van der Waals surface area contributed by atoms with Crippen molar-refractivity contribution in [1.29, 1.82) is 5.26 Å². The van der Waals surface area contributed by atoms with Gasteiger partial charge in [-0.3, -0.25) is 0 Å². The lowest BCUT2D eigenvalue weighted by atomic mass is 9.96. The number of hydrogen-bond donors (Lipinski definition) is 1. The minimum atomic E-state index is 0.355. The first-order valence-electron chi connectivity index (χ1n) is 7.08. The number of hydrogen-bond acceptors (Lipinski definition) is 2. The number of nitrogens with zero attached hydrogens (tertiary/aromatic N) is 1. The van der Waals surface area contributed by atoms with Gasteiger partial charge in [0, 0.05) is 18.5 Å². The Kier molecular flexibility index (Phi) is 3.54. The lowest BCUT2D eigenvalue weighted by molar-refractivity contribution is 0.574. The molecule has 0 radical (unpaired) electrons. The zero-order valence-corrected chi connectivity index (χ0v) is 11.5. The highest BCUT2D eigenvalue weighted by molar-refractivity contribution is 5.33. The highest BCUT2D eigenvalue weighted by Gasteiger charge is 2.43. The average Bonchev–Trinajstić information content (AvgIpc) is 3.30. The van der Waals surface area contributed by atoms with E-state index >= 15 is 0 Å². The van der Waals surface area contributed by atoms with E-state index in [0.717, 1.165) is 18.7 Å². The van der Waals surface area contributed by atoms with E-state index < -0.39 is 0 Å². The maximum Gasteiger partial charge on any atom is 0.0991 e. The molecule has 3 rings (SSSR count). The molecular formula is C18H18N2. The van der Waals surface area contributed by atoms with Gasteiger partial charge in [-0.1, -0.05) is 42.5 Å². The van der Waals surface area contributed by atoms with Gasteiger partial charge >= 0.3 is 0 Å². The largest absolute Gasteiger partial charge is 0.312 e. The second-order valence-corrected chi connectivity index (χ2v) is 5.56. The van der Waals surface area contributed by atoms with Crippen LogP contribution in [-0.4, -0.2) is 6.54 Å². The summed E-state index contributed by atoms with van der Waals surface area (Å²) in [5.74, 6) is 0. The summed E-state index contributed by atoms with van der Waals surface area (Å²) >= 11 is 0. The first-order chi connectivity index (χ1) is 9.82. The molecule has 2 aromatic carbocycles. The second-order valence-electron chi connectivity index (χ2n) is 5.56. The van der Waals surface area contributed by atoms with Crippen LogP contribution in [0.5, 0.6) is 0 Å². The van der Waals surface area contributed by atoms with Crippen LogP contribution in [0.3, 0.4) is 0 Å². The quantitative estimate of drug-likeness (QED) is 0.896. The molecule has 0 aromatic heterocycles. The monoisotopic (exact) mass is 262 g/mol. The molecule has 0 saturated heterocycles. The van der Waals surface area contributed by atoms with Gasteiger partial charge in [0.1, 0.15) is 0 Å². The molecule has 100 valence electrons. The van der Waals surface area contributed by atoms with Crippen LogP contribution in [0.1, 0.15) is 29.5 Å². The molecule has 1 N–H and O–H groups in total. The van der Waals surface area contributed by atoms with Crippen LogP contribution in [0.2, 0.25) is 0 Å². The van der Waals surface area contributed by atoms with Crippen molar-refractivity contribution < 1.29 is 0 Å². The lowest BCUT2D eigenvalue weighted by Crippen LogP contribution is -2.26. The summed E-state index contributed by atoms with van der Waals surface area (Å²) in [6.45, 7) is 1.89. The molecule has 2 heteroatoms. The Morgan fingerprint density at radius 3 is 2.30 bits per heavy atom. The zero-order chi connectivity index (χ0) is 13.8. The molecule has 1 fully saturated rings. The molecule has 1 saturated carbocycles. The number of nitrogens with one attached hydrogen (secondary N) is 1. The summed E-state index contributed by atoms with van der Waals surface area (Å²) in [4.78, 5) is 0. The van der Waals surface area contributed by atoms with E-state index in [1.807, 2.05) is 24.3 Å². The summed E-state index contributed by atoms with van der Waals surface area (Å²) < 4.78 is 0. The molecule has 2 nitrogen and oxygen atoms in total. The fourth-order valence-corrected chi connectivity index (χ4v) is 2.65. The summed E-state index contributed by atoms with van der Waals surface area (Å²) in [6, 6.07) is 20.7. The van der Waals surface area contributed by atoms with E-state index in [1.54, 1.807) is 0 Å². The maximum absolute atomic E-state index is 8.78. The van der Waals surface area contributed by atoms with Gasteiger partial charge < -0.3 is 5.32 Å². The Morgan fingerprint density at radius 2 is 1.70 bits per heavy atom. The average molecular weight is 262 g/mol. The van der Waals surface area contributed by atoms with Gasteiger partial charge in [-0.2, -0.15) is 5.26 Å². The maximum atomic E-state index is 8.78. The van der Waals surface area contributed by atoms with Crippen molar-refractivity contribution in [2.45, 2.75) is 24.8 Å². The Balaban J connectivity index is 1.56. The third-order valence-electron chi connectivity index (χ3n) is 4.12. The Bertz CT molecular complexity index is 604. The van der Waals surface area contributed by atoms with Crippen LogP contribution in [-0.2, 0) is 12.0 Å². The van der Waals surface area contributed by atoms with Crippen molar-refractivity contribution in [1.82, 2.24) is 5.32 Å². The predicted molar refractivity (Wildman–Crippen MR) is 80.2 cm³/mol. The van der Waals surface area contributed by atoms with Crippen molar-refractivity contribution in [2.24, 2.45) is 0 Å². The highest BCUT2D eigenvalue weighted by Crippen LogP contribution is 2.47. The molecule has 1 aliphatic carbocycles. The predicted octanol–water partition coefficient (Wildman–Crippen LogP) is 3.38. The highest BCUT2D eigenvalue weighted by atomic mass is 14.9. The molecule has 0 spiro atoms. The van der Waals surface area contributed by atoms with Gasteiger partial charge in [0.15, 0.2) is 0 Å². The minimum Gasteiger partial charge on any atom is -0.312 e. The Hall–Kier alpha value is -2.11. The molecule has 0 atom stereocenters. The van der Waals surface area contributed by atoms with Gasteiger partial charge in [0.2, 0.25) is 0 Å². The number of benzene rings is 2. The van der Waals surface area contributed by atoms with Crippen LogP contribution in [0.25, 0.3) is 0 Å². The van der Waals surface area contributed by atoms with E-state index in [1.165, 1.54) is 24.0 Å². The minimum absolute atomic E-state index is 0.355. The van der Waals surface area contributed by atoms with E-state index in [2.05, 4.69) is 41.7 Å². The van der Waals surface area contributed by atoms with Crippen LogP contribution < -0.4 is 5.32 Å². The van der Waals surface area contributed by atoms with E-state index in [-0.39, 0.29) is 0 Å². The molecule has 0 heterocycles. The molecule has 20 heavy (non-hydrogen) atoms. The van der Waals surface area contributed by atoms with Gasteiger partial charge in [-0.15, -0.1) is 0 Å². The van der Waals surface area contributed by atoms with Crippen molar-refractivity contribution in [3.8, 4) is 6.07 Å². The van der Waals surface area contributed by atoms with Gasteiger partial charge in [0.05, 0.1) is 11.6 Å². The summed E-state index contributed by atoms with van der Waals surface area (Å²) in [6.07, 6.45) is 2.55. The second kappa shape index (κ2) is 5.48. The first-order valence-corrected chi connectivity index (χ1v) is 7.08. The van der Waals surface area contributed by atoms with E-state index in [0.29, 0.717) is 5.41 Å². The molecule has 0 aliphatic heterocycles. The SMILES string of the molecule is N#Cc1ccc(CNCC2(c3ccccc3)CC2)cc1. The molecule has 0 amide bonds. The van der Waals surface area contributed by atoms with Crippen molar-refractivity contribution >= 4 is 0 Å². The lowest BCUT2D eigenvalue weighted by Gasteiger charge is -2.16. The topological polar surface area (TPSA) is 35.8 Å². The molecule has 0 bridgehead atoms. The van der Waals surface area contributed by atoms with Crippen molar-refractivity contribution in [2.75, 3.05) is 6.54 Å². The van der Waals surface area contributed by atoms with Gasteiger partial charge in [-0.25, -0.2) is 0 Å². The summed E-state index contributed by atoms with van der Waals surface area (Å²) in [5, 5.41) is 12.3. The van der Waals surface area contributed by atoms with Crippen molar-refractivity contribution in [3.63, 3.8) is 0 Å². The number of nitriles is 1. The van der Waals surface area contributed by atoms with Gasteiger partial charge in [-0.05, 0) is 36.1 Å². The molecule has 1 aliphatic rings. The normalized spacial score (nSPS) is 15.6. The Morgan fingerprint density at radius 1 is 1.00 bits per heavy atom. The third-order valence-corrected chi connectivity index (χ3v) is 4.12. The standard InChI is InChI=1S/C18H18N2/c19-12-15-6-8-16(9-7-15)13-20-14-18(10-11-18)17-4-2-1-3-5-17/h1-9,20H,10-11,13-14H2. The first kappa shape index (κ1) is 12.9. The molecule has 2 aromatic rings. The molecular weight excluding hydrogens is 244 g/mol. The fraction of sp³-hybridized carbons (Fsp3) is 0.278.